The minimum Gasteiger partial charge on any atom is -0.495 e. The van der Waals surface area contributed by atoms with Crippen LogP contribution in [0.3, 0.4) is 0 Å². The van der Waals surface area contributed by atoms with E-state index in [0.717, 1.165) is 9.36 Å². The first-order valence-corrected chi connectivity index (χ1v) is 9.17. The quantitative estimate of drug-likeness (QED) is 0.582. The Labute approximate surface area is 163 Å². The minimum atomic E-state index is -0.548. The van der Waals surface area contributed by atoms with Crippen LogP contribution in [0, 0.1) is 0 Å². The standard InChI is InChI=1S/C17H18N6O4S/c1-27-13-6-3-2-5-12(13)21(9-8-14(18)24)15(25)11-22-17(26)23(20-19-22)16-7-4-10-28-16/h2-7,10H,8-9,11H2,1H3,(H2,18,24). The number of carbonyl (C=O) groups excluding carboxylic acids is 2. The third-order valence-electron chi connectivity index (χ3n) is 3.90. The number of para-hydroxylation sites is 2. The number of thiophene rings is 1. The molecule has 2 N–H and O–H groups in total. The fourth-order valence-electron chi connectivity index (χ4n) is 2.57. The van der Waals surface area contributed by atoms with Crippen LogP contribution in [0.5, 0.6) is 5.75 Å². The number of amides is 2. The van der Waals surface area contributed by atoms with E-state index in [1.54, 1.807) is 41.8 Å². The number of methoxy groups -OCH3 is 1. The van der Waals surface area contributed by atoms with Gasteiger partial charge in [0.25, 0.3) is 0 Å². The summed E-state index contributed by atoms with van der Waals surface area (Å²) in [5, 5.41) is 9.99. The molecule has 0 aliphatic heterocycles. The predicted octanol–water partition coefficient (Wildman–Crippen LogP) is 0.408. The van der Waals surface area contributed by atoms with Gasteiger partial charge < -0.3 is 15.4 Å². The number of primary amides is 1. The number of benzene rings is 1. The molecule has 2 heterocycles. The van der Waals surface area contributed by atoms with E-state index in [4.69, 9.17) is 10.5 Å². The van der Waals surface area contributed by atoms with Gasteiger partial charge in [-0.2, -0.15) is 9.36 Å². The van der Waals surface area contributed by atoms with E-state index in [2.05, 4.69) is 10.4 Å². The van der Waals surface area contributed by atoms with Gasteiger partial charge in [0.1, 0.15) is 17.3 Å². The van der Waals surface area contributed by atoms with Crippen molar-refractivity contribution in [3.8, 4) is 10.8 Å². The minimum absolute atomic E-state index is 0.0411. The summed E-state index contributed by atoms with van der Waals surface area (Å²) in [5.41, 5.74) is 5.17. The summed E-state index contributed by atoms with van der Waals surface area (Å²) in [6.45, 7) is -0.302. The Morgan fingerprint density at radius 2 is 2.00 bits per heavy atom. The van der Waals surface area contributed by atoms with Crippen LogP contribution in [-0.2, 0) is 16.1 Å². The van der Waals surface area contributed by atoms with E-state index < -0.39 is 17.5 Å². The molecule has 2 amide bonds. The highest BCUT2D eigenvalue weighted by Gasteiger charge is 2.22. The summed E-state index contributed by atoms with van der Waals surface area (Å²) in [5.74, 6) is -0.547. The molecule has 28 heavy (non-hydrogen) atoms. The number of hydrogen-bond donors (Lipinski definition) is 1. The van der Waals surface area contributed by atoms with Gasteiger partial charge >= 0.3 is 5.69 Å². The van der Waals surface area contributed by atoms with Crippen LogP contribution >= 0.6 is 11.3 Å². The van der Waals surface area contributed by atoms with Crippen molar-refractivity contribution in [1.82, 2.24) is 19.8 Å². The summed E-state index contributed by atoms with van der Waals surface area (Å²) in [7, 11) is 1.48. The molecular weight excluding hydrogens is 384 g/mol. The van der Waals surface area contributed by atoms with Crippen LogP contribution in [0.4, 0.5) is 5.69 Å². The van der Waals surface area contributed by atoms with Crippen molar-refractivity contribution < 1.29 is 14.3 Å². The van der Waals surface area contributed by atoms with Gasteiger partial charge in [-0.1, -0.05) is 12.1 Å². The zero-order valence-electron chi connectivity index (χ0n) is 15.0. The van der Waals surface area contributed by atoms with Crippen molar-refractivity contribution in [3.05, 3.63) is 52.3 Å². The summed E-state index contributed by atoms with van der Waals surface area (Å²) < 4.78 is 7.39. The van der Waals surface area contributed by atoms with E-state index in [1.165, 1.54) is 23.3 Å². The molecule has 0 saturated heterocycles. The number of rotatable bonds is 8. The first kappa shape index (κ1) is 19.3. The molecule has 0 spiro atoms. The van der Waals surface area contributed by atoms with Gasteiger partial charge in [0.15, 0.2) is 0 Å². The van der Waals surface area contributed by atoms with Crippen molar-refractivity contribution in [2.75, 3.05) is 18.6 Å². The van der Waals surface area contributed by atoms with E-state index in [0.29, 0.717) is 16.4 Å². The molecule has 0 aliphatic rings. The molecule has 11 heteroatoms. The Hall–Kier alpha value is -3.47. The van der Waals surface area contributed by atoms with Gasteiger partial charge in [-0.05, 0) is 40.1 Å². The highest BCUT2D eigenvalue weighted by molar-refractivity contribution is 7.12. The van der Waals surface area contributed by atoms with Gasteiger partial charge in [0, 0.05) is 13.0 Å². The maximum Gasteiger partial charge on any atom is 0.369 e. The van der Waals surface area contributed by atoms with E-state index >= 15 is 0 Å². The third-order valence-corrected chi connectivity index (χ3v) is 4.74. The molecule has 3 aromatic rings. The third kappa shape index (κ3) is 4.09. The molecule has 0 radical (unpaired) electrons. The van der Waals surface area contributed by atoms with Gasteiger partial charge in [0.05, 0.1) is 12.8 Å². The Kier molecular flexibility index (Phi) is 5.84. The lowest BCUT2D eigenvalue weighted by Crippen LogP contribution is -2.39. The molecule has 3 rings (SSSR count). The summed E-state index contributed by atoms with van der Waals surface area (Å²) in [6, 6.07) is 10.4. The largest absolute Gasteiger partial charge is 0.495 e. The SMILES string of the molecule is COc1ccccc1N(CCC(N)=O)C(=O)Cn1nnn(-c2cccs2)c1=O. The Morgan fingerprint density at radius 3 is 2.68 bits per heavy atom. The highest BCUT2D eigenvalue weighted by Crippen LogP contribution is 2.28. The lowest BCUT2D eigenvalue weighted by molar-refractivity contribution is -0.119. The number of nitrogens with zero attached hydrogens (tertiary/aromatic N) is 5. The second-order valence-corrected chi connectivity index (χ2v) is 6.64. The van der Waals surface area contributed by atoms with Gasteiger partial charge in [-0.3, -0.25) is 9.59 Å². The van der Waals surface area contributed by atoms with E-state index in [9.17, 15) is 14.4 Å². The molecule has 0 atom stereocenters. The fourth-order valence-corrected chi connectivity index (χ4v) is 3.24. The zero-order valence-corrected chi connectivity index (χ0v) is 15.8. The van der Waals surface area contributed by atoms with Crippen molar-refractivity contribution in [1.29, 1.82) is 0 Å². The van der Waals surface area contributed by atoms with Crippen LogP contribution in [0.2, 0.25) is 0 Å². The monoisotopic (exact) mass is 402 g/mol. The number of tetrazole rings is 1. The Bertz CT molecular complexity index is 1030. The van der Waals surface area contributed by atoms with Crippen LogP contribution < -0.4 is 21.1 Å². The smallest absolute Gasteiger partial charge is 0.369 e. The van der Waals surface area contributed by atoms with Crippen LogP contribution in [0.15, 0.2) is 46.6 Å². The number of ether oxygens (including phenoxy) is 1. The normalized spacial score (nSPS) is 10.6. The predicted molar refractivity (Wildman–Crippen MR) is 103 cm³/mol. The molecule has 10 nitrogen and oxygen atoms in total. The van der Waals surface area contributed by atoms with Crippen molar-refractivity contribution >= 4 is 28.8 Å². The molecule has 0 fully saturated rings. The Morgan fingerprint density at radius 1 is 1.21 bits per heavy atom. The average Bonchev–Trinajstić information content (AvgIpc) is 3.32. The molecule has 2 aromatic heterocycles. The lowest BCUT2D eigenvalue weighted by atomic mass is 10.2. The topological polar surface area (TPSA) is 125 Å². The molecule has 0 bridgehead atoms. The van der Waals surface area contributed by atoms with E-state index in [-0.39, 0.29) is 19.5 Å². The van der Waals surface area contributed by atoms with Crippen molar-refractivity contribution in [2.45, 2.75) is 13.0 Å². The number of hydrogen-bond acceptors (Lipinski definition) is 7. The van der Waals surface area contributed by atoms with Gasteiger partial charge in [-0.25, -0.2) is 4.79 Å². The molecule has 0 unspecified atom stereocenters. The molecule has 1 aromatic carbocycles. The second-order valence-electron chi connectivity index (χ2n) is 5.72. The fraction of sp³-hybridized carbons (Fsp3) is 0.235. The number of aromatic nitrogens is 4. The first-order chi connectivity index (χ1) is 13.5. The Balaban J connectivity index is 1.88. The number of nitrogens with two attached hydrogens (primary N) is 1. The first-order valence-electron chi connectivity index (χ1n) is 8.29. The number of carbonyl (C=O) groups is 2. The average molecular weight is 402 g/mol. The van der Waals surface area contributed by atoms with Crippen LogP contribution in [-0.4, -0.2) is 45.3 Å². The van der Waals surface area contributed by atoms with Gasteiger partial charge in [-0.15, -0.1) is 11.3 Å². The summed E-state index contributed by atoms with van der Waals surface area (Å²) >= 11 is 1.33. The van der Waals surface area contributed by atoms with Crippen molar-refractivity contribution in [3.63, 3.8) is 0 Å². The molecule has 146 valence electrons. The summed E-state index contributed by atoms with van der Waals surface area (Å²) in [6.07, 6.45) is -0.0411. The molecular formula is C17H18N6O4S. The van der Waals surface area contributed by atoms with Crippen LogP contribution in [0.1, 0.15) is 6.42 Å². The summed E-state index contributed by atoms with van der Waals surface area (Å²) in [4.78, 5) is 38.0. The lowest BCUT2D eigenvalue weighted by Gasteiger charge is -2.24. The maximum atomic E-state index is 12.9. The highest BCUT2D eigenvalue weighted by atomic mass is 32.1. The maximum absolute atomic E-state index is 12.9. The second kappa shape index (κ2) is 8.48. The number of anilines is 1. The van der Waals surface area contributed by atoms with Gasteiger partial charge in [0.2, 0.25) is 11.8 Å². The van der Waals surface area contributed by atoms with E-state index in [1.807, 2.05) is 0 Å². The zero-order chi connectivity index (χ0) is 20.1. The van der Waals surface area contributed by atoms with Crippen molar-refractivity contribution in [2.24, 2.45) is 5.73 Å². The van der Waals surface area contributed by atoms with Crippen LogP contribution in [0.25, 0.3) is 5.00 Å². The molecule has 0 aliphatic carbocycles. The molecule has 0 saturated carbocycles.